The second-order valence-corrected chi connectivity index (χ2v) is 5.16. The second-order valence-electron chi connectivity index (χ2n) is 2.76. The van der Waals surface area contributed by atoms with Crippen LogP contribution in [0.5, 0.6) is 5.75 Å². The van der Waals surface area contributed by atoms with Gasteiger partial charge in [0.15, 0.2) is 0 Å². The third-order valence-electron chi connectivity index (χ3n) is 1.96. The van der Waals surface area contributed by atoms with Crippen molar-refractivity contribution in [3.8, 4) is 5.75 Å². The van der Waals surface area contributed by atoms with Crippen molar-refractivity contribution >= 4 is 43.6 Å². The first-order chi connectivity index (χ1) is 6.00. The lowest BCUT2D eigenvalue weighted by molar-refractivity contribution is 0.466. The molecule has 0 spiro atoms. The summed E-state index contributed by atoms with van der Waals surface area (Å²) >= 11 is 8.41. The normalized spacial score (nSPS) is 10.5. The van der Waals surface area contributed by atoms with E-state index in [1.165, 1.54) is 4.90 Å². The van der Waals surface area contributed by atoms with Crippen LogP contribution in [0.4, 0.5) is 0 Å². The molecule has 0 amide bonds. The molecule has 0 aliphatic heterocycles. The Kier molecular flexibility index (Phi) is 3.72. The van der Waals surface area contributed by atoms with Crippen LogP contribution >= 0.6 is 43.6 Å². The zero-order valence-electron chi connectivity index (χ0n) is 7.61. The molecule has 0 aliphatic rings. The van der Waals surface area contributed by atoms with Gasteiger partial charge in [0.1, 0.15) is 5.75 Å². The van der Waals surface area contributed by atoms with Gasteiger partial charge in [-0.15, -0.1) is 11.8 Å². The maximum absolute atomic E-state index is 9.68. The molecule has 1 N–H and O–H groups in total. The number of hydrogen-bond acceptors (Lipinski definition) is 2. The van der Waals surface area contributed by atoms with E-state index in [1.54, 1.807) is 11.8 Å². The average Bonchev–Trinajstić information content (AvgIpc) is 2.13. The Bertz CT molecular complexity index is 321. The summed E-state index contributed by atoms with van der Waals surface area (Å²) < 4.78 is 1.55. The highest BCUT2D eigenvalue weighted by molar-refractivity contribution is 9.11. The van der Waals surface area contributed by atoms with Crippen molar-refractivity contribution in [1.29, 1.82) is 0 Å². The van der Waals surface area contributed by atoms with Crippen molar-refractivity contribution in [2.45, 2.75) is 18.7 Å². The Morgan fingerprint density at radius 3 is 1.77 bits per heavy atom. The van der Waals surface area contributed by atoms with Gasteiger partial charge < -0.3 is 5.11 Å². The Hall–Kier alpha value is 0.330. The maximum Gasteiger partial charge on any atom is 0.144 e. The van der Waals surface area contributed by atoms with Gasteiger partial charge in [-0.05, 0) is 63.1 Å². The molecule has 0 saturated heterocycles. The third-order valence-corrected chi connectivity index (χ3v) is 4.92. The molecule has 1 aromatic rings. The molecular weight excluding hydrogens is 316 g/mol. The van der Waals surface area contributed by atoms with Crippen LogP contribution in [0, 0.1) is 13.8 Å². The molecule has 0 saturated carbocycles. The Balaban J connectivity index is 3.56. The molecule has 0 aliphatic carbocycles. The van der Waals surface area contributed by atoms with Crippen molar-refractivity contribution in [2.24, 2.45) is 0 Å². The minimum absolute atomic E-state index is 0.285. The van der Waals surface area contributed by atoms with E-state index in [9.17, 15) is 5.11 Å². The summed E-state index contributed by atoms with van der Waals surface area (Å²) in [5, 5.41) is 9.68. The number of phenolic OH excluding ortho intramolecular Hbond substituents is 1. The van der Waals surface area contributed by atoms with Crippen LogP contribution < -0.4 is 0 Å². The van der Waals surface area contributed by atoms with Crippen molar-refractivity contribution in [3.63, 3.8) is 0 Å². The first-order valence-electron chi connectivity index (χ1n) is 3.71. The fourth-order valence-electron chi connectivity index (χ4n) is 1.24. The molecule has 4 heteroatoms. The van der Waals surface area contributed by atoms with E-state index in [2.05, 4.69) is 31.9 Å². The number of halogens is 2. The number of benzene rings is 1. The largest absolute Gasteiger partial charge is 0.506 e. The van der Waals surface area contributed by atoms with Gasteiger partial charge in [0.25, 0.3) is 0 Å². The molecule has 0 atom stereocenters. The SMILES string of the molecule is CSc1c(C)c(Br)c(O)c(Br)c1C. The lowest BCUT2D eigenvalue weighted by Gasteiger charge is -2.13. The molecule has 0 unspecified atom stereocenters. The smallest absolute Gasteiger partial charge is 0.144 e. The van der Waals surface area contributed by atoms with Crippen LogP contribution in [0.15, 0.2) is 13.8 Å². The second kappa shape index (κ2) is 4.24. The third kappa shape index (κ3) is 1.90. The van der Waals surface area contributed by atoms with Gasteiger partial charge >= 0.3 is 0 Å². The van der Waals surface area contributed by atoms with E-state index < -0.39 is 0 Å². The summed E-state index contributed by atoms with van der Waals surface area (Å²) in [5.74, 6) is 0.285. The number of hydrogen-bond donors (Lipinski definition) is 1. The number of aromatic hydroxyl groups is 1. The van der Waals surface area contributed by atoms with E-state index in [-0.39, 0.29) is 5.75 Å². The van der Waals surface area contributed by atoms with E-state index in [0.29, 0.717) is 0 Å². The van der Waals surface area contributed by atoms with E-state index >= 15 is 0 Å². The summed E-state index contributed by atoms with van der Waals surface area (Å²) in [6.45, 7) is 3.99. The molecule has 0 aromatic heterocycles. The van der Waals surface area contributed by atoms with Crippen LogP contribution in [0.1, 0.15) is 11.1 Å². The molecule has 0 fully saturated rings. The average molecular weight is 326 g/mol. The van der Waals surface area contributed by atoms with Gasteiger partial charge in [-0.25, -0.2) is 0 Å². The molecule has 13 heavy (non-hydrogen) atoms. The van der Waals surface area contributed by atoms with Gasteiger partial charge in [0, 0.05) is 4.90 Å². The van der Waals surface area contributed by atoms with Gasteiger partial charge in [0.2, 0.25) is 0 Å². The molecule has 1 nitrogen and oxygen atoms in total. The molecular formula is C9H10Br2OS. The van der Waals surface area contributed by atoms with Crippen molar-refractivity contribution in [1.82, 2.24) is 0 Å². The van der Waals surface area contributed by atoms with E-state index in [4.69, 9.17) is 0 Å². The lowest BCUT2D eigenvalue weighted by atomic mass is 10.1. The summed E-state index contributed by atoms with van der Waals surface area (Å²) in [6, 6.07) is 0. The Labute approximate surface area is 99.2 Å². The van der Waals surface area contributed by atoms with Crippen molar-refractivity contribution in [2.75, 3.05) is 6.26 Å². The van der Waals surface area contributed by atoms with Gasteiger partial charge in [-0.1, -0.05) is 0 Å². The van der Waals surface area contributed by atoms with Gasteiger partial charge in [-0.3, -0.25) is 0 Å². The monoisotopic (exact) mass is 324 g/mol. The summed E-state index contributed by atoms with van der Waals surface area (Å²) in [4.78, 5) is 1.21. The molecule has 0 heterocycles. The number of rotatable bonds is 1. The molecule has 0 bridgehead atoms. The fraction of sp³-hybridized carbons (Fsp3) is 0.333. The fourth-order valence-corrected chi connectivity index (χ4v) is 3.38. The topological polar surface area (TPSA) is 20.2 Å². The van der Waals surface area contributed by atoms with E-state index in [0.717, 1.165) is 20.1 Å². The Morgan fingerprint density at radius 1 is 1.08 bits per heavy atom. The number of thioether (sulfide) groups is 1. The lowest BCUT2D eigenvalue weighted by Crippen LogP contribution is -1.89. The highest BCUT2D eigenvalue weighted by Gasteiger charge is 2.14. The molecule has 1 rings (SSSR count). The highest BCUT2D eigenvalue weighted by Crippen LogP contribution is 2.42. The predicted octanol–water partition coefficient (Wildman–Crippen LogP) is 4.26. The molecule has 72 valence electrons. The molecule has 1 aromatic carbocycles. The summed E-state index contributed by atoms with van der Waals surface area (Å²) in [6.07, 6.45) is 2.03. The maximum atomic E-state index is 9.68. The van der Waals surface area contributed by atoms with E-state index in [1.807, 2.05) is 20.1 Å². The van der Waals surface area contributed by atoms with Crippen LogP contribution in [0.25, 0.3) is 0 Å². The van der Waals surface area contributed by atoms with Crippen molar-refractivity contribution in [3.05, 3.63) is 20.1 Å². The first kappa shape index (κ1) is 11.4. The minimum Gasteiger partial charge on any atom is -0.506 e. The predicted molar refractivity (Wildman–Crippen MR) is 64.8 cm³/mol. The van der Waals surface area contributed by atoms with Crippen LogP contribution in [-0.2, 0) is 0 Å². The first-order valence-corrected chi connectivity index (χ1v) is 6.52. The quantitative estimate of drug-likeness (QED) is 0.779. The minimum atomic E-state index is 0.285. The van der Waals surface area contributed by atoms with Crippen LogP contribution in [0.2, 0.25) is 0 Å². The molecule has 0 radical (unpaired) electrons. The van der Waals surface area contributed by atoms with Crippen LogP contribution in [0.3, 0.4) is 0 Å². The summed E-state index contributed by atoms with van der Waals surface area (Å²) in [7, 11) is 0. The van der Waals surface area contributed by atoms with Crippen molar-refractivity contribution < 1.29 is 5.11 Å². The zero-order valence-corrected chi connectivity index (χ0v) is 11.6. The number of phenols is 1. The highest BCUT2D eigenvalue weighted by atomic mass is 79.9. The standard InChI is InChI=1S/C9H10Br2OS/c1-4-6(10)8(12)7(11)5(2)9(4)13-3/h12H,1-3H3. The van der Waals surface area contributed by atoms with Gasteiger partial charge in [0.05, 0.1) is 8.95 Å². The van der Waals surface area contributed by atoms with Gasteiger partial charge in [-0.2, -0.15) is 0 Å². The Morgan fingerprint density at radius 2 is 1.46 bits per heavy atom. The summed E-state index contributed by atoms with van der Waals surface area (Å²) in [5.41, 5.74) is 2.18. The van der Waals surface area contributed by atoms with Crippen LogP contribution in [-0.4, -0.2) is 11.4 Å². The zero-order chi connectivity index (χ0) is 10.2.